The molecule has 0 unspecified atom stereocenters. The lowest BCUT2D eigenvalue weighted by atomic mass is 9.85. The monoisotopic (exact) mass is 429 g/mol. The molecule has 2 aromatic rings. The Hall–Kier alpha value is -2.41. The number of hydrogen-bond donors (Lipinski definition) is 2. The van der Waals surface area contributed by atoms with Gasteiger partial charge in [-0.25, -0.2) is 4.98 Å². The standard InChI is InChI=1S/C22H28ClN5O2/c1-13(29)26-15-6-4-5-14(7-15)21(30)27-20-8-16(18(23)11-24-20)17-10-25-28-12-22(2,3)9-19(17)28/h8,10-11,14-15H,4-7,9,12H2,1-3H3,(H,26,29)(H,24,27,30)/t14-,15+/m1/s1. The molecule has 2 N–H and O–H groups in total. The molecule has 2 aromatic heterocycles. The zero-order valence-electron chi connectivity index (χ0n) is 17.7. The second-order valence-corrected chi connectivity index (χ2v) is 9.71. The predicted molar refractivity (Wildman–Crippen MR) is 116 cm³/mol. The van der Waals surface area contributed by atoms with Crippen LogP contribution in [0.15, 0.2) is 18.5 Å². The molecule has 0 aromatic carbocycles. The third kappa shape index (κ3) is 4.36. The van der Waals surface area contributed by atoms with Crippen LogP contribution in [0.3, 0.4) is 0 Å². The number of nitrogens with one attached hydrogen (secondary N) is 2. The summed E-state index contributed by atoms with van der Waals surface area (Å²) >= 11 is 6.46. The van der Waals surface area contributed by atoms with E-state index < -0.39 is 0 Å². The molecule has 1 saturated carbocycles. The Morgan fingerprint density at radius 1 is 1.23 bits per heavy atom. The Kier molecular flexibility index (Phi) is 5.57. The highest BCUT2D eigenvalue weighted by Gasteiger charge is 2.32. The number of carbonyl (C=O) groups is 2. The maximum Gasteiger partial charge on any atom is 0.228 e. The Bertz CT molecular complexity index is 984. The Balaban J connectivity index is 1.51. The third-order valence-electron chi connectivity index (χ3n) is 6.02. The first-order chi connectivity index (χ1) is 14.2. The molecule has 30 heavy (non-hydrogen) atoms. The summed E-state index contributed by atoms with van der Waals surface area (Å²) < 4.78 is 2.04. The fourth-order valence-electron chi connectivity index (χ4n) is 4.66. The summed E-state index contributed by atoms with van der Waals surface area (Å²) in [5.41, 5.74) is 3.16. The van der Waals surface area contributed by atoms with Crippen molar-refractivity contribution < 1.29 is 9.59 Å². The van der Waals surface area contributed by atoms with Crippen LogP contribution in [0.4, 0.5) is 5.82 Å². The van der Waals surface area contributed by atoms with E-state index in [1.807, 2.05) is 16.9 Å². The van der Waals surface area contributed by atoms with E-state index in [0.29, 0.717) is 17.3 Å². The molecule has 8 heteroatoms. The number of rotatable bonds is 4. The number of fused-ring (bicyclic) bond motifs is 1. The molecular weight excluding hydrogens is 402 g/mol. The first kappa shape index (κ1) is 20.8. The topological polar surface area (TPSA) is 88.9 Å². The zero-order valence-corrected chi connectivity index (χ0v) is 18.4. The number of hydrogen-bond acceptors (Lipinski definition) is 4. The molecule has 3 heterocycles. The molecule has 1 aliphatic heterocycles. The number of nitrogens with zero attached hydrogens (tertiary/aromatic N) is 3. The summed E-state index contributed by atoms with van der Waals surface area (Å²) in [5.74, 6) is 0.227. The average molecular weight is 430 g/mol. The molecule has 1 fully saturated rings. The van der Waals surface area contributed by atoms with E-state index in [0.717, 1.165) is 49.0 Å². The van der Waals surface area contributed by atoms with Crippen molar-refractivity contribution in [3.05, 3.63) is 29.2 Å². The van der Waals surface area contributed by atoms with Crippen LogP contribution < -0.4 is 10.6 Å². The van der Waals surface area contributed by atoms with Crippen molar-refractivity contribution in [2.45, 2.75) is 65.5 Å². The van der Waals surface area contributed by atoms with Gasteiger partial charge < -0.3 is 10.6 Å². The van der Waals surface area contributed by atoms with Crippen molar-refractivity contribution in [3.8, 4) is 11.1 Å². The van der Waals surface area contributed by atoms with Gasteiger partial charge in [-0.15, -0.1) is 0 Å². The van der Waals surface area contributed by atoms with Crippen LogP contribution in [0.25, 0.3) is 11.1 Å². The summed E-state index contributed by atoms with van der Waals surface area (Å²) in [5, 5.41) is 10.9. The van der Waals surface area contributed by atoms with E-state index in [-0.39, 0.29) is 29.2 Å². The van der Waals surface area contributed by atoms with Crippen LogP contribution in [0.5, 0.6) is 0 Å². The van der Waals surface area contributed by atoms with Crippen molar-refractivity contribution in [1.29, 1.82) is 0 Å². The van der Waals surface area contributed by atoms with Gasteiger partial charge in [0.05, 0.1) is 11.2 Å². The van der Waals surface area contributed by atoms with E-state index >= 15 is 0 Å². The lowest BCUT2D eigenvalue weighted by molar-refractivity contribution is -0.123. The number of carbonyl (C=O) groups excluding carboxylic acids is 2. The average Bonchev–Trinajstić information content (AvgIpc) is 3.18. The largest absolute Gasteiger partial charge is 0.354 e. The number of halogens is 1. The summed E-state index contributed by atoms with van der Waals surface area (Å²) in [6, 6.07) is 1.89. The summed E-state index contributed by atoms with van der Waals surface area (Å²) in [6.07, 6.45) is 7.65. The van der Waals surface area contributed by atoms with E-state index in [2.05, 4.69) is 34.6 Å². The quantitative estimate of drug-likeness (QED) is 0.773. The summed E-state index contributed by atoms with van der Waals surface area (Å²) in [6.45, 7) is 6.84. The van der Waals surface area contributed by atoms with Gasteiger partial charge in [-0.1, -0.05) is 31.9 Å². The van der Waals surface area contributed by atoms with Crippen LogP contribution >= 0.6 is 11.6 Å². The highest BCUT2D eigenvalue weighted by atomic mass is 35.5. The van der Waals surface area contributed by atoms with Gasteiger partial charge in [-0.3, -0.25) is 14.3 Å². The maximum atomic E-state index is 12.8. The van der Waals surface area contributed by atoms with Gasteiger partial charge in [0.15, 0.2) is 0 Å². The molecule has 160 valence electrons. The third-order valence-corrected chi connectivity index (χ3v) is 6.32. The minimum absolute atomic E-state index is 0.0537. The predicted octanol–water partition coefficient (Wildman–Crippen LogP) is 3.81. The van der Waals surface area contributed by atoms with Crippen molar-refractivity contribution in [3.63, 3.8) is 0 Å². The lowest BCUT2D eigenvalue weighted by Crippen LogP contribution is -2.40. The van der Waals surface area contributed by atoms with Gasteiger partial charge >= 0.3 is 0 Å². The number of anilines is 1. The fraction of sp³-hybridized carbons (Fsp3) is 0.545. The smallest absolute Gasteiger partial charge is 0.228 e. The molecule has 1 aliphatic carbocycles. The fourth-order valence-corrected chi connectivity index (χ4v) is 4.87. The van der Waals surface area contributed by atoms with E-state index in [1.54, 1.807) is 6.20 Å². The van der Waals surface area contributed by atoms with Crippen LogP contribution in [-0.4, -0.2) is 32.6 Å². The highest BCUT2D eigenvalue weighted by molar-refractivity contribution is 6.33. The molecule has 2 amide bonds. The van der Waals surface area contributed by atoms with E-state index in [4.69, 9.17) is 11.6 Å². The molecule has 0 saturated heterocycles. The van der Waals surface area contributed by atoms with Gasteiger partial charge in [-0.05, 0) is 37.2 Å². The molecular formula is C22H28ClN5O2. The Morgan fingerprint density at radius 3 is 2.80 bits per heavy atom. The maximum absolute atomic E-state index is 12.8. The minimum atomic E-state index is -0.141. The molecule has 2 aliphatic rings. The second-order valence-electron chi connectivity index (χ2n) is 9.30. The normalized spacial score (nSPS) is 22.4. The van der Waals surface area contributed by atoms with Gasteiger partial charge in [0.2, 0.25) is 11.8 Å². The molecule has 0 bridgehead atoms. The molecule has 4 rings (SSSR count). The van der Waals surface area contributed by atoms with Gasteiger partial charge in [-0.2, -0.15) is 5.10 Å². The molecule has 2 atom stereocenters. The van der Waals surface area contributed by atoms with Gasteiger partial charge in [0.1, 0.15) is 5.82 Å². The Morgan fingerprint density at radius 2 is 2.03 bits per heavy atom. The highest BCUT2D eigenvalue weighted by Crippen LogP contribution is 2.39. The van der Waals surface area contributed by atoms with Crippen LogP contribution in [0.1, 0.15) is 52.1 Å². The zero-order chi connectivity index (χ0) is 21.5. The summed E-state index contributed by atoms with van der Waals surface area (Å²) in [7, 11) is 0. The van der Waals surface area contributed by atoms with Crippen LogP contribution in [0, 0.1) is 11.3 Å². The number of amides is 2. The van der Waals surface area contributed by atoms with Crippen LogP contribution in [-0.2, 0) is 22.6 Å². The van der Waals surface area contributed by atoms with Crippen molar-refractivity contribution >= 4 is 29.2 Å². The lowest BCUT2D eigenvalue weighted by Gasteiger charge is -2.28. The van der Waals surface area contributed by atoms with E-state index in [1.165, 1.54) is 6.92 Å². The van der Waals surface area contributed by atoms with Crippen molar-refractivity contribution in [1.82, 2.24) is 20.1 Å². The summed E-state index contributed by atoms with van der Waals surface area (Å²) in [4.78, 5) is 28.5. The van der Waals surface area contributed by atoms with Crippen molar-refractivity contribution in [2.24, 2.45) is 11.3 Å². The molecule has 0 spiro atoms. The first-order valence-corrected chi connectivity index (χ1v) is 10.9. The SMILES string of the molecule is CC(=O)N[C@H]1CCC[C@@H](C(=O)Nc2cc(-c3cnn4c3CC(C)(C)C4)c(Cl)cn2)C1. The molecule has 7 nitrogen and oxygen atoms in total. The van der Waals surface area contributed by atoms with Gasteiger partial charge in [0.25, 0.3) is 0 Å². The number of pyridine rings is 1. The Labute approximate surface area is 181 Å². The van der Waals surface area contributed by atoms with E-state index in [9.17, 15) is 9.59 Å². The second kappa shape index (κ2) is 8.02. The van der Waals surface area contributed by atoms with Gasteiger partial charge in [0, 0.05) is 48.4 Å². The van der Waals surface area contributed by atoms with Crippen LogP contribution in [0.2, 0.25) is 5.02 Å². The first-order valence-electron chi connectivity index (χ1n) is 10.5. The molecule has 0 radical (unpaired) electrons. The van der Waals surface area contributed by atoms with Crippen molar-refractivity contribution in [2.75, 3.05) is 5.32 Å². The minimum Gasteiger partial charge on any atom is -0.354 e. The number of aromatic nitrogens is 3.